The molecule has 0 saturated heterocycles. The van der Waals surface area contributed by atoms with Crippen LogP contribution in [-0.2, 0) is 25.6 Å². The number of carbonyl (C=O) groups excluding carboxylic acids is 4. The summed E-state index contributed by atoms with van der Waals surface area (Å²) in [6.45, 7) is 1.64. The molecule has 0 aromatic heterocycles. The average molecular weight is 816 g/mol. The summed E-state index contributed by atoms with van der Waals surface area (Å²) in [6, 6.07) is 7.71. The summed E-state index contributed by atoms with van der Waals surface area (Å²) in [7, 11) is 0. The molecular weight excluding hydrogens is 743 g/mol. The van der Waals surface area contributed by atoms with E-state index in [2.05, 4.69) is 20.9 Å². The largest absolute Gasteiger partial charge is 0.370 e. The van der Waals surface area contributed by atoms with Crippen molar-refractivity contribution < 1.29 is 19.2 Å². The maximum atomic E-state index is 14.8. The number of nitrogens with two attached hydrogens (primary N) is 4. The van der Waals surface area contributed by atoms with Crippen molar-refractivity contribution in [2.75, 3.05) is 32.7 Å². The predicted molar refractivity (Wildman–Crippen MR) is 230 cm³/mol. The number of amides is 4. The van der Waals surface area contributed by atoms with E-state index in [-0.39, 0.29) is 47.6 Å². The third kappa shape index (κ3) is 11.6. The monoisotopic (exact) mass is 816 g/mol. The fraction of sp³-hybridized carbons (Fsp3) is 0.761. The summed E-state index contributed by atoms with van der Waals surface area (Å²) < 4.78 is 0. The van der Waals surface area contributed by atoms with Crippen LogP contribution in [0.5, 0.6) is 0 Å². The van der Waals surface area contributed by atoms with Gasteiger partial charge in [-0.25, -0.2) is 0 Å². The molecule has 13 heteroatoms. The minimum absolute atomic E-state index is 0.00165. The van der Waals surface area contributed by atoms with Crippen molar-refractivity contribution >= 4 is 29.6 Å². The van der Waals surface area contributed by atoms with E-state index in [9.17, 15) is 19.2 Å². The average Bonchev–Trinajstić information content (AvgIpc) is 3.17. The first-order chi connectivity index (χ1) is 28.4. The molecule has 4 amide bonds. The lowest BCUT2D eigenvalue weighted by Crippen LogP contribution is -2.57. The third-order valence-corrected chi connectivity index (χ3v) is 15.2. The molecule has 9 rings (SSSR count). The summed E-state index contributed by atoms with van der Waals surface area (Å²) >= 11 is 0. The highest BCUT2D eigenvalue weighted by molar-refractivity contribution is 5.90. The maximum Gasteiger partial charge on any atom is 0.242 e. The van der Waals surface area contributed by atoms with E-state index >= 15 is 0 Å². The molecule has 11 N–H and O–H groups in total. The van der Waals surface area contributed by atoms with E-state index in [4.69, 9.17) is 22.9 Å². The van der Waals surface area contributed by atoms with Crippen LogP contribution in [0, 0.1) is 46.3 Å². The zero-order chi connectivity index (χ0) is 41.6. The quantitative estimate of drug-likeness (QED) is 0.0520. The zero-order valence-electron chi connectivity index (χ0n) is 35.4. The van der Waals surface area contributed by atoms with Gasteiger partial charge in [0.1, 0.15) is 6.04 Å². The van der Waals surface area contributed by atoms with Gasteiger partial charge < -0.3 is 43.8 Å². The van der Waals surface area contributed by atoms with Gasteiger partial charge in [0.2, 0.25) is 23.6 Å². The van der Waals surface area contributed by atoms with Crippen LogP contribution in [0.15, 0.2) is 35.3 Å². The summed E-state index contributed by atoms with van der Waals surface area (Å²) in [6.07, 6.45) is 18.3. The Morgan fingerprint density at radius 1 is 0.746 bits per heavy atom. The van der Waals surface area contributed by atoms with Crippen LogP contribution >= 0.6 is 0 Å². The van der Waals surface area contributed by atoms with Crippen LogP contribution < -0.4 is 38.9 Å². The van der Waals surface area contributed by atoms with Crippen molar-refractivity contribution in [2.45, 2.75) is 140 Å². The molecule has 0 spiro atoms. The first kappa shape index (κ1) is 43.4. The summed E-state index contributed by atoms with van der Waals surface area (Å²) in [5.74, 6) is 3.56. The molecule has 0 unspecified atom stereocenters. The van der Waals surface area contributed by atoms with E-state index in [0.29, 0.717) is 82.3 Å². The van der Waals surface area contributed by atoms with Crippen LogP contribution in [0.4, 0.5) is 0 Å². The van der Waals surface area contributed by atoms with Crippen molar-refractivity contribution in [3.05, 3.63) is 35.9 Å². The van der Waals surface area contributed by atoms with Gasteiger partial charge in [0, 0.05) is 26.1 Å². The summed E-state index contributed by atoms with van der Waals surface area (Å²) in [5.41, 5.74) is 24.1. The van der Waals surface area contributed by atoms with E-state index in [1.54, 1.807) is 4.90 Å². The highest BCUT2D eigenvalue weighted by Crippen LogP contribution is 2.62. The summed E-state index contributed by atoms with van der Waals surface area (Å²) in [5, 5.41) is 9.50. The Hall–Kier alpha value is -3.71. The molecule has 8 fully saturated rings. The van der Waals surface area contributed by atoms with Crippen LogP contribution in [-0.4, -0.2) is 85.3 Å². The molecule has 8 bridgehead atoms. The van der Waals surface area contributed by atoms with Gasteiger partial charge in [-0.05, 0) is 174 Å². The molecule has 3 atom stereocenters. The Morgan fingerprint density at radius 3 is 1.88 bits per heavy atom. The second-order valence-corrected chi connectivity index (χ2v) is 20.4. The standard InChI is InChI=1S/C46H73N9O4/c47-11-5-4-10-39(54-42(58)38(48)9-6-12-51-44(49)50)43(59)53-37(19-30-7-2-1-3-8-30)27-55(41(57)26-45-20-31-13-32(21-45)15-33(14-31)22-45)28-40(56)52-29-46-23-34-16-35(24-46)18-36(17-34)25-46/h1-3,7-8,31-39H,4-6,9-29,47-48H2,(H,52,56)(H,53,59)(H,54,58)(H4,49,50,51)/t31?,32?,33?,34?,35?,36?,37-,38-,39-,45?,46?/m0/s1. The molecule has 8 saturated carbocycles. The maximum absolute atomic E-state index is 14.8. The van der Waals surface area contributed by atoms with Crippen molar-refractivity contribution in [2.24, 2.45) is 74.3 Å². The lowest BCUT2D eigenvalue weighted by Gasteiger charge is -2.57. The Balaban J connectivity index is 1.07. The lowest BCUT2D eigenvalue weighted by atomic mass is 9.49. The molecule has 1 aromatic carbocycles. The fourth-order valence-corrected chi connectivity index (χ4v) is 13.5. The number of nitrogens with zero attached hydrogens (tertiary/aromatic N) is 2. The fourth-order valence-electron chi connectivity index (χ4n) is 13.5. The Kier molecular flexibility index (Phi) is 14.2. The van der Waals surface area contributed by atoms with E-state index in [1.165, 1.54) is 57.8 Å². The number of guanidine groups is 1. The van der Waals surface area contributed by atoms with Gasteiger partial charge in [0.05, 0.1) is 18.6 Å². The van der Waals surface area contributed by atoms with Gasteiger partial charge in [0.15, 0.2) is 5.96 Å². The molecule has 326 valence electrons. The van der Waals surface area contributed by atoms with Crippen molar-refractivity contribution in [1.82, 2.24) is 20.9 Å². The molecular formula is C46H73N9O4. The third-order valence-electron chi connectivity index (χ3n) is 15.2. The Bertz CT molecular complexity index is 1580. The normalized spacial score (nSPS) is 31.2. The molecule has 0 aliphatic heterocycles. The number of aliphatic imine (C=N–C) groups is 1. The molecule has 59 heavy (non-hydrogen) atoms. The van der Waals surface area contributed by atoms with Crippen LogP contribution in [0.1, 0.15) is 121 Å². The minimum Gasteiger partial charge on any atom is -0.370 e. The second-order valence-electron chi connectivity index (χ2n) is 20.4. The molecule has 8 aliphatic carbocycles. The number of benzene rings is 1. The minimum atomic E-state index is -0.851. The van der Waals surface area contributed by atoms with Gasteiger partial charge in [-0.1, -0.05) is 30.3 Å². The Labute approximate surface area is 351 Å². The predicted octanol–water partition coefficient (Wildman–Crippen LogP) is 3.48. The van der Waals surface area contributed by atoms with Crippen molar-refractivity contribution in [3.63, 3.8) is 0 Å². The van der Waals surface area contributed by atoms with Gasteiger partial charge in [-0.2, -0.15) is 0 Å². The second kappa shape index (κ2) is 19.3. The number of rotatable bonds is 22. The van der Waals surface area contributed by atoms with Crippen LogP contribution in [0.25, 0.3) is 0 Å². The molecule has 0 heterocycles. The number of hydrogen-bond donors (Lipinski definition) is 7. The first-order valence-electron chi connectivity index (χ1n) is 23.1. The van der Waals surface area contributed by atoms with Crippen molar-refractivity contribution in [3.8, 4) is 0 Å². The van der Waals surface area contributed by atoms with Gasteiger partial charge in [0.25, 0.3) is 0 Å². The molecule has 0 radical (unpaired) electrons. The van der Waals surface area contributed by atoms with Crippen LogP contribution in [0.3, 0.4) is 0 Å². The Morgan fingerprint density at radius 2 is 1.32 bits per heavy atom. The highest BCUT2D eigenvalue weighted by atomic mass is 16.2. The van der Waals surface area contributed by atoms with Gasteiger partial charge in [-0.3, -0.25) is 24.2 Å². The first-order valence-corrected chi connectivity index (χ1v) is 23.1. The molecule has 8 aliphatic rings. The van der Waals surface area contributed by atoms with Crippen LogP contribution in [0.2, 0.25) is 0 Å². The van der Waals surface area contributed by atoms with Gasteiger partial charge >= 0.3 is 0 Å². The number of carbonyl (C=O) groups is 4. The van der Waals surface area contributed by atoms with Gasteiger partial charge in [-0.15, -0.1) is 0 Å². The van der Waals surface area contributed by atoms with Crippen molar-refractivity contribution in [1.29, 1.82) is 0 Å². The van der Waals surface area contributed by atoms with E-state index < -0.39 is 24.0 Å². The zero-order valence-corrected chi connectivity index (χ0v) is 35.4. The number of unbranched alkanes of at least 4 members (excludes halogenated alkanes) is 1. The summed E-state index contributed by atoms with van der Waals surface area (Å²) in [4.78, 5) is 62.2. The number of nitrogens with one attached hydrogen (secondary N) is 3. The topological polar surface area (TPSA) is 224 Å². The smallest absolute Gasteiger partial charge is 0.242 e. The number of hydrogen-bond acceptors (Lipinski definition) is 7. The van der Waals surface area contributed by atoms with E-state index in [0.717, 1.165) is 42.6 Å². The lowest BCUT2D eigenvalue weighted by molar-refractivity contribution is -0.143. The molecule has 13 nitrogen and oxygen atoms in total. The highest BCUT2D eigenvalue weighted by Gasteiger charge is 2.53. The molecule has 1 aromatic rings. The van der Waals surface area contributed by atoms with E-state index in [1.807, 2.05) is 30.3 Å². The SMILES string of the molecule is NCCCC[C@H](NC(=O)[C@@H](N)CCCN=C(N)N)C(=O)N[C@@H](Cc1ccccc1)CN(CC(=O)NCC12CC3CC(CC(C3)C1)C2)C(=O)CC12CC3CC(CC(C3)C1)C2.